The number of amides is 1. The van der Waals surface area contributed by atoms with Gasteiger partial charge < -0.3 is 14.7 Å². The van der Waals surface area contributed by atoms with Crippen LogP contribution >= 0.6 is 11.6 Å². The van der Waals surface area contributed by atoms with Crippen LogP contribution in [0, 0.1) is 0 Å². The number of carbonyl (C=O) groups excluding carboxylic acids is 1. The maximum atomic E-state index is 12.8. The van der Waals surface area contributed by atoms with Crippen LogP contribution in [0.3, 0.4) is 0 Å². The van der Waals surface area contributed by atoms with Crippen molar-refractivity contribution in [2.75, 3.05) is 38.6 Å². The highest BCUT2D eigenvalue weighted by molar-refractivity contribution is 6.30. The van der Waals surface area contributed by atoms with Gasteiger partial charge in [-0.1, -0.05) is 11.6 Å². The molecule has 1 aromatic heterocycles. The Labute approximate surface area is 143 Å². The Hall–Kier alpha value is -1.33. The third-order valence-electron chi connectivity index (χ3n) is 5.12. The average Bonchev–Trinajstić information content (AvgIpc) is 3.15. The fraction of sp³-hybridized carbons (Fsp3) is 0.647. The smallest absolute Gasteiger partial charge is 0.242 e. The molecule has 5 nitrogen and oxygen atoms in total. The highest BCUT2D eigenvalue weighted by Gasteiger charge is 2.38. The van der Waals surface area contributed by atoms with E-state index in [4.69, 9.17) is 11.6 Å². The molecule has 2 aliphatic rings. The molecular weight excluding hydrogens is 312 g/mol. The summed E-state index contributed by atoms with van der Waals surface area (Å²) in [6.45, 7) is 2.40. The normalized spacial score (nSPS) is 25.1. The first-order valence-electron chi connectivity index (χ1n) is 8.38. The molecule has 0 saturated carbocycles. The molecule has 3 heterocycles. The second-order valence-corrected chi connectivity index (χ2v) is 7.11. The van der Waals surface area contributed by atoms with Crippen molar-refractivity contribution in [2.24, 2.45) is 0 Å². The molecule has 2 saturated heterocycles. The summed E-state index contributed by atoms with van der Waals surface area (Å²) in [5.41, 5.74) is 0. The Bertz CT molecular complexity index is 550. The Kier molecular flexibility index (Phi) is 5.07. The van der Waals surface area contributed by atoms with Crippen LogP contribution in [0.4, 0.5) is 5.82 Å². The molecule has 0 unspecified atom stereocenters. The predicted octanol–water partition coefficient (Wildman–Crippen LogP) is 2.26. The number of aromatic nitrogens is 1. The van der Waals surface area contributed by atoms with Crippen LogP contribution in [0.25, 0.3) is 0 Å². The molecule has 0 bridgehead atoms. The lowest BCUT2D eigenvalue weighted by Crippen LogP contribution is -2.49. The van der Waals surface area contributed by atoms with Crippen molar-refractivity contribution in [3.63, 3.8) is 0 Å². The predicted molar refractivity (Wildman–Crippen MR) is 92.9 cm³/mol. The van der Waals surface area contributed by atoms with Gasteiger partial charge in [0.15, 0.2) is 0 Å². The molecule has 1 amide bonds. The van der Waals surface area contributed by atoms with E-state index in [0.29, 0.717) is 23.7 Å². The van der Waals surface area contributed by atoms with Crippen LogP contribution in [0.2, 0.25) is 5.02 Å². The van der Waals surface area contributed by atoms with Crippen LogP contribution in [-0.2, 0) is 4.79 Å². The number of hydrogen-bond donors (Lipinski definition) is 0. The Morgan fingerprint density at radius 1 is 1.30 bits per heavy atom. The topological polar surface area (TPSA) is 39.7 Å². The van der Waals surface area contributed by atoms with E-state index in [9.17, 15) is 4.79 Å². The summed E-state index contributed by atoms with van der Waals surface area (Å²) in [7, 11) is 4.09. The van der Waals surface area contributed by atoms with Gasteiger partial charge in [0.1, 0.15) is 5.82 Å². The third-order valence-corrected chi connectivity index (χ3v) is 5.34. The van der Waals surface area contributed by atoms with Crippen molar-refractivity contribution < 1.29 is 4.79 Å². The number of pyridine rings is 1. The van der Waals surface area contributed by atoms with E-state index < -0.39 is 0 Å². The number of likely N-dealkylation sites (N-methyl/N-ethyl adjacent to an activating group) is 2. The van der Waals surface area contributed by atoms with Crippen molar-refractivity contribution in [1.29, 1.82) is 0 Å². The molecule has 0 N–H and O–H groups in total. The number of carbonyl (C=O) groups is 1. The van der Waals surface area contributed by atoms with E-state index in [-0.39, 0.29) is 5.91 Å². The van der Waals surface area contributed by atoms with Crippen LogP contribution in [0.15, 0.2) is 18.3 Å². The molecule has 1 aromatic rings. The molecule has 0 aromatic carbocycles. The zero-order valence-corrected chi connectivity index (χ0v) is 14.7. The molecule has 2 fully saturated rings. The van der Waals surface area contributed by atoms with Gasteiger partial charge in [0.2, 0.25) is 5.91 Å². The molecular formula is C17H25ClN4O. The summed E-state index contributed by atoms with van der Waals surface area (Å²) in [4.78, 5) is 23.5. The first-order valence-corrected chi connectivity index (χ1v) is 8.76. The lowest BCUT2D eigenvalue weighted by molar-refractivity contribution is -0.131. The molecule has 0 aliphatic carbocycles. The minimum absolute atomic E-state index is 0.201. The quantitative estimate of drug-likeness (QED) is 0.845. The Morgan fingerprint density at radius 2 is 2.04 bits per heavy atom. The minimum atomic E-state index is 0.201. The number of halogens is 1. The van der Waals surface area contributed by atoms with E-state index in [1.165, 1.54) is 12.8 Å². The second kappa shape index (κ2) is 7.05. The Morgan fingerprint density at radius 3 is 2.70 bits per heavy atom. The zero-order valence-electron chi connectivity index (χ0n) is 13.9. The fourth-order valence-electron chi connectivity index (χ4n) is 3.89. The largest absolute Gasteiger partial charge is 0.350 e. The van der Waals surface area contributed by atoms with Gasteiger partial charge in [-0.05, 0) is 51.4 Å². The molecule has 0 radical (unpaired) electrons. The van der Waals surface area contributed by atoms with E-state index in [1.54, 1.807) is 12.3 Å². The third kappa shape index (κ3) is 3.61. The lowest BCUT2D eigenvalue weighted by Gasteiger charge is -2.34. The summed E-state index contributed by atoms with van der Waals surface area (Å²) in [6, 6.07) is 4.56. The fourth-order valence-corrected chi connectivity index (χ4v) is 4.00. The molecule has 0 spiro atoms. The van der Waals surface area contributed by atoms with E-state index in [1.807, 2.05) is 18.0 Å². The van der Waals surface area contributed by atoms with Gasteiger partial charge in [-0.3, -0.25) is 4.79 Å². The molecule has 23 heavy (non-hydrogen) atoms. The SMILES string of the molecule is CN(CC(=O)N1CCC[C@H]1[C@H]1CCCN1C)c1ccc(Cl)cn1. The number of hydrogen-bond acceptors (Lipinski definition) is 4. The summed E-state index contributed by atoms with van der Waals surface area (Å²) < 4.78 is 0. The maximum Gasteiger partial charge on any atom is 0.242 e. The molecule has 2 atom stereocenters. The molecule has 3 rings (SSSR count). The van der Waals surface area contributed by atoms with Gasteiger partial charge in [-0.25, -0.2) is 4.98 Å². The monoisotopic (exact) mass is 336 g/mol. The van der Waals surface area contributed by atoms with Crippen molar-refractivity contribution in [3.05, 3.63) is 23.4 Å². The second-order valence-electron chi connectivity index (χ2n) is 6.68. The van der Waals surface area contributed by atoms with Crippen LogP contribution in [0.5, 0.6) is 0 Å². The Balaban J connectivity index is 1.63. The van der Waals surface area contributed by atoms with Gasteiger partial charge >= 0.3 is 0 Å². The average molecular weight is 337 g/mol. The number of anilines is 1. The number of nitrogens with zero attached hydrogens (tertiary/aromatic N) is 4. The zero-order chi connectivity index (χ0) is 16.4. The summed E-state index contributed by atoms with van der Waals surface area (Å²) in [6.07, 6.45) is 6.31. The first-order chi connectivity index (χ1) is 11.1. The van der Waals surface area contributed by atoms with Crippen molar-refractivity contribution in [3.8, 4) is 0 Å². The highest BCUT2D eigenvalue weighted by Crippen LogP contribution is 2.29. The van der Waals surface area contributed by atoms with Crippen LogP contribution in [-0.4, -0.2) is 66.5 Å². The van der Waals surface area contributed by atoms with E-state index in [2.05, 4.69) is 21.8 Å². The molecule has 126 valence electrons. The lowest BCUT2D eigenvalue weighted by atomic mass is 10.0. The number of likely N-dealkylation sites (tertiary alicyclic amines) is 2. The van der Waals surface area contributed by atoms with Gasteiger partial charge in [0.25, 0.3) is 0 Å². The summed E-state index contributed by atoms with van der Waals surface area (Å²) in [5.74, 6) is 0.975. The number of rotatable bonds is 4. The first kappa shape index (κ1) is 16.5. The summed E-state index contributed by atoms with van der Waals surface area (Å²) >= 11 is 5.87. The van der Waals surface area contributed by atoms with E-state index in [0.717, 1.165) is 31.7 Å². The van der Waals surface area contributed by atoms with Crippen molar-refractivity contribution >= 4 is 23.3 Å². The van der Waals surface area contributed by atoms with Crippen LogP contribution < -0.4 is 4.90 Å². The highest BCUT2D eigenvalue weighted by atomic mass is 35.5. The van der Waals surface area contributed by atoms with Crippen molar-refractivity contribution in [1.82, 2.24) is 14.8 Å². The molecule has 2 aliphatic heterocycles. The van der Waals surface area contributed by atoms with Gasteiger partial charge in [-0.15, -0.1) is 0 Å². The standard InChI is InChI=1S/C17H25ClN4O/c1-20-9-3-5-14(20)15-6-4-10-22(15)17(23)12-21(2)16-8-7-13(18)11-19-16/h7-8,11,14-15H,3-6,9-10,12H2,1-2H3/t14-,15+/m1/s1. The van der Waals surface area contributed by atoms with Gasteiger partial charge in [-0.2, -0.15) is 0 Å². The van der Waals surface area contributed by atoms with Gasteiger partial charge in [0, 0.05) is 31.9 Å². The van der Waals surface area contributed by atoms with E-state index >= 15 is 0 Å². The molecule has 6 heteroatoms. The van der Waals surface area contributed by atoms with Crippen LogP contribution in [0.1, 0.15) is 25.7 Å². The minimum Gasteiger partial charge on any atom is -0.350 e. The maximum absolute atomic E-state index is 12.8. The summed E-state index contributed by atoms with van der Waals surface area (Å²) in [5, 5.41) is 0.609. The van der Waals surface area contributed by atoms with Gasteiger partial charge in [0.05, 0.1) is 11.6 Å². The van der Waals surface area contributed by atoms with Crippen molar-refractivity contribution in [2.45, 2.75) is 37.8 Å².